The van der Waals surface area contributed by atoms with E-state index in [1.54, 1.807) is 19.2 Å². The van der Waals surface area contributed by atoms with Crippen molar-refractivity contribution in [3.63, 3.8) is 0 Å². The number of rotatable bonds is 7. The summed E-state index contributed by atoms with van der Waals surface area (Å²) in [5.74, 6) is -0.568. The summed E-state index contributed by atoms with van der Waals surface area (Å²) in [5, 5.41) is 2.71. The average Bonchev–Trinajstić information content (AvgIpc) is 2.91. The molecule has 0 atom stereocenters. The molecule has 9 nitrogen and oxygen atoms in total. The Morgan fingerprint density at radius 3 is 2.43 bits per heavy atom. The molecule has 1 N–H and O–H groups in total. The molecule has 3 rings (SSSR count). The number of urea groups is 1. The number of nitrogens with one attached hydrogen (secondary N) is 1. The van der Waals surface area contributed by atoms with Crippen LogP contribution in [-0.4, -0.2) is 73.6 Å². The highest BCUT2D eigenvalue weighted by molar-refractivity contribution is 7.89. The van der Waals surface area contributed by atoms with Gasteiger partial charge in [-0.25, -0.2) is 13.2 Å². The van der Waals surface area contributed by atoms with Crippen molar-refractivity contribution in [3.8, 4) is 0 Å². The van der Waals surface area contributed by atoms with Crippen LogP contribution < -0.4 is 5.32 Å². The van der Waals surface area contributed by atoms with Crippen molar-refractivity contribution >= 4 is 33.6 Å². The quantitative estimate of drug-likeness (QED) is 0.657. The van der Waals surface area contributed by atoms with E-state index in [4.69, 9.17) is 0 Å². The Labute approximate surface area is 177 Å². The molecule has 2 aliphatic heterocycles. The number of imide groups is 1. The molecule has 0 unspecified atom stereocenters. The van der Waals surface area contributed by atoms with Gasteiger partial charge in [-0.2, -0.15) is 4.31 Å². The van der Waals surface area contributed by atoms with Gasteiger partial charge in [-0.3, -0.25) is 14.5 Å². The van der Waals surface area contributed by atoms with Gasteiger partial charge in [0.05, 0.1) is 4.90 Å². The van der Waals surface area contributed by atoms with Gasteiger partial charge in [0.1, 0.15) is 6.54 Å². The number of amides is 4. The second kappa shape index (κ2) is 9.57. The molecule has 0 spiro atoms. The third kappa shape index (κ3) is 5.17. The van der Waals surface area contributed by atoms with Gasteiger partial charge in [0.15, 0.2) is 0 Å². The predicted molar refractivity (Wildman–Crippen MR) is 111 cm³/mol. The monoisotopic (exact) mass is 436 g/mol. The summed E-state index contributed by atoms with van der Waals surface area (Å²) in [4.78, 5) is 38.5. The lowest BCUT2D eigenvalue weighted by Crippen LogP contribution is -2.33. The zero-order valence-corrected chi connectivity index (χ0v) is 18.0. The van der Waals surface area contributed by atoms with Crippen LogP contribution in [0, 0.1) is 0 Å². The van der Waals surface area contributed by atoms with E-state index in [-0.39, 0.29) is 42.3 Å². The normalized spacial score (nSPS) is 18.6. The summed E-state index contributed by atoms with van der Waals surface area (Å²) in [7, 11) is -2.04. The van der Waals surface area contributed by atoms with Crippen LogP contribution in [-0.2, 0) is 19.6 Å². The van der Waals surface area contributed by atoms with Crippen molar-refractivity contribution in [2.75, 3.05) is 38.5 Å². The second-order valence-electron chi connectivity index (χ2n) is 7.68. The maximum Gasteiger partial charge on any atom is 0.326 e. The fourth-order valence-electron chi connectivity index (χ4n) is 3.68. The highest BCUT2D eigenvalue weighted by atomic mass is 32.2. The summed E-state index contributed by atoms with van der Waals surface area (Å²) in [6, 6.07) is 5.91. The fourth-order valence-corrected chi connectivity index (χ4v) is 5.24. The Morgan fingerprint density at radius 1 is 1.10 bits per heavy atom. The lowest BCUT2D eigenvalue weighted by atomic mass is 10.2. The van der Waals surface area contributed by atoms with E-state index in [2.05, 4.69) is 5.32 Å². The molecular weight excluding hydrogens is 408 g/mol. The zero-order chi connectivity index (χ0) is 21.7. The number of benzene rings is 1. The van der Waals surface area contributed by atoms with E-state index in [0.29, 0.717) is 25.2 Å². The highest BCUT2D eigenvalue weighted by Crippen LogP contribution is 2.23. The van der Waals surface area contributed by atoms with Crippen molar-refractivity contribution < 1.29 is 22.8 Å². The Kier molecular flexibility index (Phi) is 7.09. The van der Waals surface area contributed by atoms with Crippen molar-refractivity contribution in [2.24, 2.45) is 0 Å². The number of nitrogens with zero attached hydrogens (tertiary/aromatic N) is 3. The first-order valence-corrected chi connectivity index (χ1v) is 11.7. The number of anilines is 1. The molecule has 2 heterocycles. The smallest absolute Gasteiger partial charge is 0.326 e. The van der Waals surface area contributed by atoms with E-state index in [1.807, 2.05) is 0 Å². The van der Waals surface area contributed by atoms with Gasteiger partial charge in [-0.1, -0.05) is 18.9 Å². The second-order valence-corrected chi connectivity index (χ2v) is 9.62. The summed E-state index contributed by atoms with van der Waals surface area (Å²) >= 11 is 0. The molecule has 2 aliphatic rings. The van der Waals surface area contributed by atoms with Crippen LogP contribution in [0.2, 0.25) is 0 Å². The maximum absolute atomic E-state index is 12.9. The molecule has 1 aromatic rings. The van der Waals surface area contributed by atoms with Gasteiger partial charge in [0.2, 0.25) is 21.8 Å². The molecule has 1 aromatic carbocycles. The molecular formula is C20H28N4O5S. The third-order valence-corrected chi connectivity index (χ3v) is 7.23. The lowest BCUT2D eigenvalue weighted by Gasteiger charge is -2.20. The highest BCUT2D eigenvalue weighted by Gasteiger charge is 2.33. The van der Waals surface area contributed by atoms with Gasteiger partial charge in [-0.05, 0) is 37.5 Å². The number of hydrogen-bond acceptors (Lipinski definition) is 5. The van der Waals surface area contributed by atoms with E-state index >= 15 is 0 Å². The zero-order valence-electron chi connectivity index (χ0n) is 17.2. The maximum atomic E-state index is 12.9. The molecule has 0 saturated carbocycles. The van der Waals surface area contributed by atoms with Crippen LogP contribution >= 0.6 is 0 Å². The standard InChI is InChI=1S/C20H28N4O5S/c1-22-15-19(26)24(20(22)27)13-7-10-18(25)21-16-8-6-9-17(14-16)30(28,29)23-11-4-2-3-5-12-23/h6,8-9,14H,2-5,7,10-13,15H2,1H3,(H,21,25). The molecule has 10 heteroatoms. The van der Waals surface area contributed by atoms with E-state index in [1.165, 1.54) is 21.3 Å². The number of sulfonamides is 1. The topological polar surface area (TPSA) is 107 Å². The van der Waals surface area contributed by atoms with Gasteiger partial charge >= 0.3 is 6.03 Å². The fraction of sp³-hybridized carbons (Fsp3) is 0.550. The largest absolute Gasteiger partial charge is 0.326 e. The van der Waals surface area contributed by atoms with Crippen LogP contribution in [0.15, 0.2) is 29.2 Å². The summed E-state index contributed by atoms with van der Waals surface area (Å²) in [6.45, 7) is 1.27. The molecule has 4 amide bonds. The minimum atomic E-state index is -3.59. The first kappa shape index (κ1) is 22.2. The molecule has 0 aliphatic carbocycles. The summed E-state index contributed by atoms with van der Waals surface area (Å²) in [6.07, 6.45) is 4.23. The minimum absolute atomic E-state index is 0.0588. The number of carbonyl (C=O) groups is 3. The molecule has 164 valence electrons. The Balaban J connectivity index is 1.56. The van der Waals surface area contributed by atoms with Crippen LogP contribution in [0.1, 0.15) is 38.5 Å². The third-order valence-electron chi connectivity index (χ3n) is 5.34. The predicted octanol–water partition coefficient (Wildman–Crippen LogP) is 1.86. The summed E-state index contributed by atoms with van der Waals surface area (Å²) in [5.41, 5.74) is 0.406. The number of hydrogen-bond donors (Lipinski definition) is 1. The van der Waals surface area contributed by atoms with Crippen LogP contribution in [0.3, 0.4) is 0 Å². The van der Waals surface area contributed by atoms with Gasteiger partial charge < -0.3 is 10.2 Å². The average molecular weight is 437 g/mol. The van der Waals surface area contributed by atoms with Crippen molar-refractivity contribution in [1.82, 2.24) is 14.1 Å². The van der Waals surface area contributed by atoms with Crippen molar-refractivity contribution in [2.45, 2.75) is 43.4 Å². The van der Waals surface area contributed by atoms with E-state index in [9.17, 15) is 22.8 Å². The summed E-state index contributed by atoms with van der Waals surface area (Å²) < 4.78 is 27.4. The molecule has 0 bridgehead atoms. The van der Waals surface area contributed by atoms with Crippen molar-refractivity contribution in [3.05, 3.63) is 24.3 Å². The Bertz CT molecular complexity index is 910. The van der Waals surface area contributed by atoms with E-state index in [0.717, 1.165) is 30.6 Å². The van der Waals surface area contributed by atoms with Gasteiger partial charge in [-0.15, -0.1) is 0 Å². The van der Waals surface area contributed by atoms with Gasteiger partial charge in [0.25, 0.3) is 0 Å². The molecule has 30 heavy (non-hydrogen) atoms. The lowest BCUT2D eigenvalue weighted by molar-refractivity contribution is -0.125. The van der Waals surface area contributed by atoms with E-state index < -0.39 is 10.0 Å². The number of carbonyl (C=O) groups excluding carboxylic acids is 3. The minimum Gasteiger partial charge on any atom is -0.326 e. The van der Waals surface area contributed by atoms with Crippen LogP contribution in [0.25, 0.3) is 0 Å². The molecule has 0 radical (unpaired) electrons. The molecule has 2 saturated heterocycles. The Morgan fingerprint density at radius 2 is 1.80 bits per heavy atom. The first-order chi connectivity index (χ1) is 14.3. The SMILES string of the molecule is CN1CC(=O)N(CCCC(=O)Nc2cccc(S(=O)(=O)N3CCCCCC3)c2)C1=O. The Hall–Kier alpha value is -2.46. The molecule has 0 aromatic heterocycles. The first-order valence-electron chi connectivity index (χ1n) is 10.2. The van der Waals surface area contributed by atoms with Crippen molar-refractivity contribution in [1.29, 1.82) is 0 Å². The van der Waals surface area contributed by atoms with Crippen LogP contribution in [0.5, 0.6) is 0 Å². The van der Waals surface area contributed by atoms with Gasteiger partial charge in [0, 0.05) is 38.8 Å². The molecule has 2 fully saturated rings. The number of likely N-dealkylation sites (N-methyl/N-ethyl adjacent to an activating group) is 1. The van der Waals surface area contributed by atoms with Crippen LogP contribution in [0.4, 0.5) is 10.5 Å².